The molecule has 0 saturated carbocycles. The summed E-state index contributed by atoms with van der Waals surface area (Å²) >= 11 is 7.41. The molecule has 0 bridgehead atoms. The lowest BCUT2D eigenvalue weighted by Crippen LogP contribution is -2.43. The molecule has 2 N–H and O–H groups in total. The first kappa shape index (κ1) is 13.7. The highest BCUT2D eigenvalue weighted by atomic mass is 35.5. The van der Waals surface area contributed by atoms with Gasteiger partial charge in [0, 0.05) is 16.0 Å². The van der Waals surface area contributed by atoms with E-state index in [2.05, 4.69) is 10.6 Å². The molecule has 3 nitrogen and oxygen atoms in total. The van der Waals surface area contributed by atoms with E-state index in [-0.39, 0.29) is 5.91 Å². The quantitative estimate of drug-likeness (QED) is 0.834. The molecule has 1 aliphatic rings. The number of hydrogen-bond donors (Lipinski definition) is 2. The summed E-state index contributed by atoms with van der Waals surface area (Å²) in [4.78, 5) is 12.8. The molecule has 1 heterocycles. The molecule has 0 aromatic heterocycles. The van der Waals surface area contributed by atoms with Gasteiger partial charge in [-0.3, -0.25) is 4.79 Å². The summed E-state index contributed by atoms with van der Waals surface area (Å²) in [5.41, 5.74) is 0. The van der Waals surface area contributed by atoms with Gasteiger partial charge in [-0.05, 0) is 44.1 Å². The third-order valence-corrected chi connectivity index (χ3v) is 4.10. The van der Waals surface area contributed by atoms with E-state index in [1.54, 1.807) is 0 Å². The average Bonchev–Trinajstić information content (AvgIpc) is 2.38. The number of halogens is 1. The van der Waals surface area contributed by atoms with Gasteiger partial charge in [0.05, 0.1) is 5.75 Å². The first-order chi connectivity index (χ1) is 8.74. The maximum absolute atomic E-state index is 11.8. The van der Waals surface area contributed by atoms with Gasteiger partial charge in [0.15, 0.2) is 0 Å². The van der Waals surface area contributed by atoms with Crippen LogP contribution in [0.2, 0.25) is 5.02 Å². The zero-order valence-corrected chi connectivity index (χ0v) is 11.7. The van der Waals surface area contributed by atoms with Gasteiger partial charge >= 0.3 is 0 Å². The van der Waals surface area contributed by atoms with Gasteiger partial charge in [-0.25, -0.2) is 0 Å². The second-order valence-electron chi connectivity index (χ2n) is 4.34. The first-order valence-corrected chi connectivity index (χ1v) is 7.49. The topological polar surface area (TPSA) is 41.1 Å². The van der Waals surface area contributed by atoms with Crippen LogP contribution in [0.5, 0.6) is 0 Å². The molecule has 5 heteroatoms. The van der Waals surface area contributed by atoms with Crippen molar-refractivity contribution in [2.24, 2.45) is 0 Å². The largest absolute Gasteiger partial charge is 0.353 e. The van der Waals surface area contributed by atoms with E-state index < -0.39 is 0 Å². The Balaban J connectivity index is 1.74. The normalized spacial score (nSPS) is 16.5. The highest BCUT2D eigenvalue weighted by Gasteiger charge is 2.15. The van der Waals surface area contributed by atoms with Crippen molar-refractivity contribution in [2.45, 2.75) is 23.8 Å². The van der Waals surface area contributed by atoms with Gasteiger partial charge in [0.25, 0.3) is 0 Å². The average molecular weight is 285 g/mol. The van der Waals surface area contributed by atoms with Crippen LogP contribution in [0.4, 0.5) is 0 Å². The van der Waals surface area contributed by atoms with Gasteiger partial charge < -0.3 is 10.6 Å². The van der Waals surface area contributed by atoms with Crippen LogP contribution >= 0.6 is 23.4 Å². The van der Waals surface area contributed by atoms with Crippen LogP contribution < -0.4 is 10.6 Å². The molecule has 2 rings (SSSR count). The Bertz CT molecular complexity index is 408. The zero-order chi connectivity index (χ0) is 12.8. The predicted octanol–water partition coefficient (Wildman–Crippen LogP) is 2.30. The van der Waals surface area contributed by atoms with Crippen LogP contribution in [0.15, 0.2) is 29.2 Å². The molecule has 1 saturated heterocycles. The Hall–Kier alpha value is -0.710. The maximum Gasteiger partial charge on any atom is 0.230 e. The molecular formula is C13H17ClN2OS. The second-order valence-corrected chi connectivity index (χ2v) is 5.82. The van der Waals surface area contributed by atoms with Gasteiger partial charge in [0.1, 0.15) is 0 Å². The third-order valence-electron chi connectivity index (χ3n) is 2.87. The van der Waals surface area contributed by atoms with Crippen molar-refractivity contribution < 1.29 is 4.79 Å². The number of carbonyl (C=O) groups is 1. The summed E-state index contributed by atoms with van der Waals surface area (Å²) in [6, 6.07) is 7.91. The number of hydrogen-bond acceptors (Lipinski definition) is 3. The molecule has 1 aromatic rings. The molecule has 0 spiro atoms. The minimum absolute atomic E-state index is 0.104. The van der Waals surface area contributed by atoms with E-state index >= 15 is 0 Å². The van der Waals surface area contributed by atoms with Crippen molar-refractivity contribution >= 4 is 29.3 Å². The Labute approximate surface area is 117 Å². The van der Waals surface area contributed by atoms with E-state index in [4.69, 9.17) is 11.6 Å². The van der Waals surface area contributed by atoms with Gasteiger partial charge in [-0.2, -0.15) is 0 Å². The fourth-order valence-electron chi connectivity index (χ4n) is 1.94. The van der Waals surface area contributed by atoms with Crippen molar-refractivity contribution in [3.8, 4) is 0 Å². The number of amides is 1. The van der Waals surface area contributed by atoms with Crippen molar-refractivity contribution in [2.75, 3.05) is 18.8 Å². The first-order valence-electron chi connectivity index (χ1n) is 6.12. The molecular weight excluding hydrogens is 268 g/mol. The molecule has 0 atom stereocenters. The molecule has 0 unspecified atom stereocenters. The number of rotatable bonds is 4. The van der Waals surface area contributed by atoms with Gasteiger partial charge in [-0.15, -0.1) is 11.8 Å². The molecule has 18 heavy (non-hydrogen) atoms. The zero-order valence-electron chi connectivity index (χ0n) is 10.1. The summed E-state index contributed by atoms with van der Waals surface area (Å²) in [7, 11) is 0. The lowest BCUT2D eigenvalue weighted by Gasteiger charge is -2.23. The highest BCUT2D eigenvalue weighted by Crippen LogP contribution is 2.21. The fraction of sp³-hybridized carbons (Fsp3) is 0.462. The van der Waals surface area contributed by atoms with Gasteiger partial charge in [-0.1, -0.05) is 17.7 Å². The Morgan fingerprint density at radius 3 is 2.94 bits per heavy atom. The number of carbonyl (C=O) groups excluding carboxylic acids is 1. The minimum Gasteiger partial charge on any atom is -0.353 e. The smallest absolute Gasteiger partial charge is 0.230 e. The van der Waals surface area contributed by atoms with Gasteiger partial charge in [0.2, 0.25) is 5.91 Å². The third kappa shape index (κ3) is 4.52. The van der Waals surface area contributed by atoms with E-state index in [1.165, 1.54) is 11.8 Å². The molecule has 1 aliphatic heterocycles. The highest BCUT2D eigenvalue weighted by molar-refractivity contribution is 8.00. The molecule has 1 aromatic carbocycles. The lowest BCUT2D eigenvalue weighted by molar-refractivity contribution is -0.119. The number of thioether (sulfide) groups is 1. The molecule has 0 radical (unpaired) electrons. The number of benzene rings is 1. The van der Waals surface area contributed by atoms with Crippen molar-refractivity contribution in [3.63, 3.8) is 0 Å². The van der Waals surface area contributed by atoms with Crippen LogP contribution in [0.1, 0.15) is 12.8 Å². The Morgan fingerprint density at radius 1 is 1.44 bits per heavy atom. The summed E-state index contributed by atoms with van der Waals surface area (Å²) in [6.45, 7) is 1.98. The number of piperidine rings is 1. The van der Waals surface area contributed by atoms with E-state index in [0.29, 0.717) is 16.8 Å². The van der Waals surface area contributed by atoms with Crippen LogP contribution in [0.25, 0.3) is 0 Å². The maximum atomic E-state index is 11.8. The van der Waals surface area contributed by atoms with Crippen LogP contribution in [0, 0.1) is 0 Å². The lowest BCUT2D eigenvalue weighted by atomic mass is 10.1. The summed E-state index contributed by atoms with van der Waals surface area (Å²) in [5, 5.41) is 7.06. The molecule has 0 aliphatic carbocycles. The molecule has 1 fully saturated rings. The van der Waals surface area contributed by atoms with Crippen LogP contribution in [-0.2, 0) is 4.79 Å². The molecule has 1 amide bonds. The SMILES string of the molecule is O=C(CSc1cccc(Cl)c1)NC1CCNCC1. The summed E-state index contributed by atoms with van der Waals surface area (Å²) in [6.07, 6.45) is 2.04. The minimum atomic E-state index is 0.104. The van der Waals surface area contributed by atoms with Crippen molar-refractivity contribution in [1.29, 1.82) is 0 Å². The molecule has 98 valence electrons. The van der Waals surface area contributed by atoms with Crippen LogP contribution in [-0.4, -0.2) is 30.8 Å². The monoisotopic (exact) mass is 284 g/mol. The van der Waals surface area contributed by atoms with Crippen molar-refractivity contribution in [3.05, 3.63) is 29.3 Å². The van der Waals surface area contributed by atoms with E-state index in [9.17, 15) is 4.79 Å². The number of nitrogens with one attached hydrogen (secondary N) is 2. The Morgan fingerprint density at radius 2 is 2.22 bits per heavy atom. The Kier molecular flexibility index (Phi) is 5.35. The summed E-state index contributed by atoms with van der Waals surface area (Å²) in [5.74, 6) is 0.552. The standard InChI is InChI=1S/C13H17ClN2OS/c14-10-2-1-3-12(8-10)18-9-13(17)16-11-4-6-15-7-5-11/h1-3,8,11,15H,4-7,9H2,(H,16,17). The van der Waals surface area contributed by atoms with E-state index in [0.717, 1.165) is 30.8 Å². The second kappa shape index (κ2) is 7.02. The predicted molar refractivity (Wildman–Crippen MR) is 76.2 cm³/mol. The van der Waals surface area contributed by atoms with E-state index in [1.807, 2.05) is 24.3 Å². The van der Waals surface area contributed by atoms with Crippen LogP contribution in [0.3, 0.4) is 0 Å². The summed E-state index contributed by atoms with van der Waals surface area (Å²) < 4.78 is 0. The fourth-order valence-corrected chi connectivity index (χ4v) is 2.96. The van der Waals surface area contributed by atoms with Crippen molar-refractivity contribution in [1.82, 2.24) is 10.6 Å².